The second-order valence-electron chi connectivity index (χ2n) is 9.66. The second kappa shape index (κ2) is 7.80. The summed E-state index contributed by atoms with van der Waals surface area (Å²) in [7, 11) is 0. The van der Waals surface area contributed by atoms with Gasteiger partial charge in [-0.15, -0.1) is 11.3 Å². The number of likely N-dealkylation sites (tertiary alicyclic amines) is 1. The van der Waals surface area contributed by atoms with Crippen molar-refractivity contribution in [2.45, 2.75) is 44.8 Å². The minimum Gasteiger partial charge on any atom is -0.339 e. The van der Waals surface area contributed by atoms with Crippen LogP contribution in [0, 0.1) is 5.41 Å². The highest BCUT2D eigenvalue weighted by molar-refractivity contribution is 7.14. The number of benzene rings is 1. The number of halogens is 1. The van der Waals surface area contributed by atoms with Gasteiger partial charge in [-0.25, -0.2) is 9.37 Å². The van der Waals surface area contributed by atoms with Crippen molar-refractivity contribution in [1.82, 2.24) is 14.5 Å². The highest BCUT2D eigenvalue weighted by atomic mass is 32.1. The Balaban J connectivity index is 1.39. The lowest BCUT2D eigenvalue weighted by atomic mass is 9.65. The van der Waals surface area contributed by atoms with E-state index in [1.807, 2.05) is 29.2 Å². The summed E-state index contributed by atoms with van der Waals surface area (Å²) in [6.45, 7) is 8.08. The molecule has 8 heteroatoms. The molecule has 0 atom stereocenters. The molecule has 0 bridgehead atoms. The fraction of sp³-hybridized carbons (Fsp3) is 0.400. The lowest BCUT2D eigenvalue weighted by Gasteiger charge is -2.46. The Kier molecular flexibility index (Phi) is 5.16. The first-order valence-electron chi connectivity index (χ1n) is 11.2. The molecule has 2 aromatic heterocycles. The Morgan fingerprint density at radius 3 is 2.73 bits per heavy atom. The molecule has 2 amide bonds. The van der Waals surface area contributed by atoms with Crippen LogP contribution in [-0.4, -0.2) is 39.4 Å². The standard InChI is InChI=1S/C25H27FN4O2S/c1-4-21(31)29-12-11-25(15-29)13-16(14-25)30-18-8-6-5-7-17(18)27-23(30)28-22(32)19-9-10-20(33-19)24(2,3)26/h4-10,16H,1,11-15H2,2-3H3,(H,27,28,32). The van der Waals surface area contributed by atoms with E-state index in [4.69, 9.17) is 4.98 Å². The fourth-order valence-electron chi connectivity index (χ4n) is 5.15. The van der Waals surface area contributed by atoms with Gasteiger partial charge in [-0.1, -0.05) is 18.7 Å². The number of nitrogens with one attached hydrogen (secondary N) is 1. The number of aromatic nitrogens is 2. The summed E-state index contributed by atoms with van der Waals surface area (Å²) in [5, 5.41) is 2.97. The van der Waals surface area contributed by atoms with Crippen molar-refractivity contribution in [2.24, 2.45) is 5.41 Å². The molecular weight excluding hydrogens is 439 g/mol. The SMILES string of the molecule is C=CC(=O)N1CCC2(CC(n3c(NC(=O)c4ccc(C(C)(C)F)s4)nc4ccccc43)C2)C1. The van der Waals surface area contributed by atoms with E-state index in [1.54, 1.807) is 12.1 Å². The minimum atomic E-state index is -1.49. The van der Waals surface area contributed by atoms with Gasteiger partial charge in [-0.2, -0.15) is 0 Å². The number of hydrogen-bond donors (Lipinski definition) is 1. The Hall–Kier alpha value is -3.00. The first kappa shape index (κ1) is 21.8. The number of para-hydroxylation sites is 2. The summed E-state index contributed by atoms with van der Waals surface area (Å²) in [4.78, 5) is 32.5. The van der Waals surface area contributed by atoms with Crippen LogP contribution in [0.3, 0.4) is 0 Å². The fourth-order valence-corrected chi connectivity index (χ4v) is 6.05. The van der Waals surface area contributed by atoms with Crippen LogP contribution >= 0.6 is 11.3 Å². The summed E-state index contributed by atoms with van der Waals surface area (Å²) < 4.78 is 16.4. The summed E-state index contributed by atoms with van der Waals surface area (Å²) in [6, 6.07) is 11.4. The molecule has 3 aromatic rings. The van der Waals surface area contributed by atoms with Crippen molar-refractivity contribution in [3.63, 3.8) is 0 Å². The number of amides is 2. The number of carbonyl (C=O) groups excluding carboxylic acids is 2. The highest BCUT2D eigenvalue weighted by Crippen LogP contribution is 2.55. The van der Waals surface area contributed by atoms with E-state index in [-0.39, 0.29) is 23.3 Å². The molecular formula is C25H27FN4O2S. The molecule has 1 N–H and O–H groups in total. The van der Waals surface area contributed by atoms with Crippen molar-refractivity contribution in [3.8, 4) is 0 Å². The lowest BCUT2D eigenvalue weighted by Crippen LogP contribution is -2.42. The molecule has 5 rings (SSSR count). The zero-order valence-corrected chi connectivity index (χ0v) is 19.6. The number of imidazole rings is 1. The van der Waals surface area contributed by atoms with E-state index in [2.05, 4.69) is 16.5 Å². The maximum Gasteiger partial charge on any atom is 0.268 e. The Bertz CT molecular complexity index is 1250. The quantitative estimate of drug-likeness (QED) is 0.519. The van der Waals surface area contributed by atoms with E-state index in [9.17, 15) is 14.0 Å². The van der Waals surface area contributed by atoms with E-state index in [0.29, 0.717) is 15.7 Å². The maximum absolute atomic E-state index is 14.3. The van der Waals surface area contributed by atoms with Crippen LogP contribution in [0.5, 0.6) is 0 Å². The molecule has 3 heterocycles. The molecule has 1 aliphatic carbocycles. The number of fused-ring (bicyclic) bond motifs is 1. The average molecular weight is 467 g/mol. The molecule has 172 valence electrons. The van der Waals surface area contributed by atoms with E-state index in [1.165, 1.54) is 19.9 Å². The van der Waals surface area contributed by atoms with Gasteiger partial charge in [0.25, 0.3) is 5.91 Å². The molecule has 1 spiro atoms. The number of hydrogen-bond acceptors (Lipinski definition) is 4. The average Bonchev–Trinajstić information content (AvgIpc) is 3.48. The predicted molar refractivity (Wildman–Crippen MR) is 128 cm³/mol. The largest absolute Gasteiger partial charge is 0.339 e. The minimum absolute atomic E-state index is 0.0110. The van der Waals surface area contributed by atoms with Gasteiger partial charge in [0.2, 0.25) is 11.9 Å². The van der Waals surface area contributed by atoms with Crippen molar-refractivity contribution >= 4 is 40.1 Å². The molecule has 1 saturated heterocycles. The first-order chi connectivity index (χ1) is 15.7. The van der Waals surface area contributed by atoms with E-state index >= 15 is 0 Å². The predicted octanol–water partition coefficient (Wildman–Crippen LogP) is 5.29. The molecule has 1 saturated carbocycles. The Morgan fingerprint density at radius 1 is 1.27 bits per heavy atom. The second-order valence-corrected chi connectivity index (χ2v) is 10.7. The molecule has 1 aliphatic heterocycles. The number of carbonyl (C=O) groups is 2. The lowest BCUT2D eigenvalue weighted by molar-refractivity contribution is -0.125. The molecule has 0 radical (unpaired) electrons. The van der Waals surface area contributed by atoms with Crippen LogP contribution < -0.4 is 5.32 Å². The van der Waals surface area contributed by atoms with Gasteiger partial charge in [0, 0.05) is 24.0 Å². The molecule has 0 unspecified atom stereocenters. The van der Waals surface area contributed by atoms with Crippen LogP contribution in [0.25, 0.3) is 11.0 Å². The summed E-state index contributed by atoms with van der Waals surface area (Å²) in [5.74, 6) is 0.209. The van der Waals surface area contributed by atoms with Crippen molar-refractivity contribution < 1.29 is 14.0 Å². The van der Waals surface area contributed by atoms with Crippen LogP contribution in [0.15, 0.2) is 49.1 Å². The Morgan fingerprint density at radius 2 is 2.03 bits per heavy atom. The summed E-state index contributed by atoms with van der Waals surface area (Å²) >= 11 is 1.16. The van der Waals surface area contributed by atoms with Gasteiger partial charge in [-0.05, 0) is 68.9 Å². The van der Waals surface area contributed by atoms with Gasteiger partial charge < -0.3 is 9.47 Å². The summed E-state index contributed by atoms with van der Waals surface area (Å²) in [5.41, 5.74) is 0.422. The monoisotopic (exact) mass is 466 g/mol. The van der Waals surface area contributed by atoms with Crippen molar-refractivity contribution in [2.75, 3.05) is 18.4 Å². The van der Waals surface area contributed by atoms with Crippen LogP contribution in [0.4, 0.5) is 10.3 Å². The number of alkyl halides is 1. The Labute approximate surface area is 196 Å². The van der Waals surface area contributed by atoms with Crippen molar-refractivity contribution in [1.29, 1.82) is 0 Å². The van der Waals surface area contributed by atoms with Gasteiger partial charge in [0.15, 0.2) is 0 Å². The van der Waals surface area contributed by atoms with E-state index in [0.717, 1.165) is 54.7 Å². The van der Waals surface area contributed by atoms with Crippen molar-refractivity contribution in [3.05, 3.63) is 58.8 Å². The normalized spacial score (nSPS) is 22.5. The van der Waals surface area contributed by atoms with Crippen LogP contribution in [0.1, 0.15) is 53.7 Å². The van der Waals surface area contributed by atoms with Gasteiger partial charge in [-0.3, -0.25) is 14.9 Å². The third kappa shape index (κ3) is 3.86. The van der Waals surface area contributed by atoms with E-state index < -0.39 is 5.67 Å². The first-order valence-corrected chi connectivity index (χ1v) is 12.0. The van der Waals surface area contributed by atoms with Crippen LogP contribution in [-0.2, 0) is 10.5 Å². The highest BCUT2D eigenvalue weighted by Gasteiger charge is 2.50. The zero-order valence-electron chi connectivity index (χ0n) is 18.8. The van der Waals surface area contributed by atoms with Crippen LogP contribution in [0.2, 0.25) is 0 Å². The number of nitrogens with zero attached hydrogens (tertiary/aromatic N) is 3. The number of thiophene rings is 1. The molecule has 1 aromatic carbocycles. The number of anilines is 1. The third-order valence-electron chi connectivity index (χ3n) is 6.86. The zero-order chi connectivity index (χ0) is 23.4. The third-order valence-corrected chi connectivity index (χ3v) is 8.25. The molecule has 2 fully saturated rings. The smallest absolute Gasteiger partial charge is 0.268 e. The number of rotatable bonds is 5. The maximum atomic E-state index is 14.3. The molecule has 2 aliphatic rings. The molecule has 6 nitrogen and oxygen atoms in total. The van der Waals surface area contributed by atoms with Gasteiger partial charge in [0.1, 0.15) is 5.67 Å². The topological polar surface area (TPSA) is 67.2 Å². The summed E-state index contributed by atoms with van der Waals surface area (Å²) in [6.07, 6.45) is 4.22. The van der Waals surface area contributed by atoms with Gasteiger partial charge >= 0.3 is 0 Å². The van der Waals surface area contributed by atoms with Gasteiger partial charge in [0.05, 0.1) is 15.9 Å². The molecule has 33 heavy (non-hydrogen) atoms.